The average molecular weight is 224 g/mol. The molecule has 2 fully saturated rings. The molecule has 2 rings (SSSR count). The van der Waals surface area contributed by atoms with E-state index in [2.05, 4.69) is 5.32 Å². The highest BCUT2D eigenvalue weighted by Crippen LogP contribution is 2.04. The fourth-order valence-electron chi connectivity index (χ4n) is 1.59. The number of piperazine rings is 1. The molecule has 86 valence electrons. The Morgan fingerprint density at radius 3 is 2.12 bits per heavy atom. The molecule has 7 nitrogen and oxygen atoms in total. The van der Waals surface area contributed by atoms with Crippen LogP contribution in [0.25, 0.3) is 0 Å². The van der Waals surface area contributed by atoms with Crippen molar-refractivity contribution in [3.8, 4) is 0 Å². The summed E-state index contributed by atoms with van der Waals surface area (Å²) in [5.74, 6) is -1.29. The van der Waals surface area contributed by atoms with E-state index in [1.807, 2.05) is 15.5 Å². The molecule has 3 N–H and O–H groups in total. The maximum Gasteiger partial charge on any atom is 0.328 e. The second-order valence-corrected chi connectivity index (χ2v) is 3.57. The number of hydrogen-bond donors (Lipinski definition) is 3. The molecule has 2 saturated heterocycles. The zero-order valence-electron chi connectivity index (χ0n) is 8.58. The van der Waals surface area contributed by atoms with Crippen molar-refractivity contribution in [3.05, 3.63) is 11.8 Å². The third-order valence-electron chi connectivity index (χ3n) is 2.41. The van der Waals surface area contributed by atoms with Crippen molar-refractivity contribution in [2.45, 2.75) is 0 Å². The van der Waals surface area contributed by atoms with Crippen LogP contribution in [0.4, 0.5) is 4.79 Å². The van der Waals surface area contributed by atoms with Gasteiger partial charge in [0.05, 0.1) is 0 Å². The molecule has 0 bridgehead atoms. The summed E-state index contributed by atoms with van der Waals surface area (Å²) in [6.07, 6.45) is 1.50. The highest BCUT2D eigenvalue weighted by Gasteiger charge is 2.28. The van der Waals surface area contributed by atoms with Gasteiger partial charge in [0, 0.05) is 32.4 Å². The first-order valence-corrected chi connectivity index (χ1v) is 5.00. The van der Waals surface area contributed by atoms with E-state index in [1.54, 1.807) is 0 Å². The molecule has 2 aliphatic heterocycles. The minimum Gasteiger partial charge on any atom is -0.374 e. The average Bonchev–Trinajstić information content (AvgIpc) is 2.25. The van der Waals surface area contributed by atoms with Crippen molar-refractivity contribution in [3.63, 3.8) is 0 Å². The number of nitrogens with one attached hydrogen (secondary N) is 3. The minimum atomic E-state index is -0.771. The van der Waals surface area contributed by atoms with E-state index >= 15 is 0 Å². The fourth-order valence-corrected chi connectivity index (χ4v) is 1.59. The van der Waals surface area contributed by atoms with Gasteiger partial charge in [-0.25, -0.2) is 4.79 Å². The number of imide groups is 2. The molecule has 4 amide bonds. The van der Waals surface area contributed by atoms with Gasteiger partial charge in [0.2, 0.25) is 0 Å². The van der Waals surface area contributed by atoms with Crippen molar-refractivity contribution in [1.82, 2.24) is 20.9 Å². The Balaban J connectivity index is 2.11. The van der Waals surface area contributed by atoms with Gasteiger partial charge in [0.1, 0.15) is 5.57 Å². The van der Waals surface area contributed by atoms with Crippen LogP contribution in [-0.2, 0) is 9.59 Å². The maximum atomic E-state index is 11.4. The zero-order chi connectivity index (χ0) is 11.5. The third kappa shape index (κ3) is 2.19. The maximum absolute atomic E-state index is 11.4. The van der Waals surface area contributed by atoms with E-state index in [-0.39, 0.29) is 5.57 Å². The zero-order valence-corrected chi connectivity index (χ0v) is 8.58. The lowest BCUT2D eigenvalue weighted by molar-refractivity contribution is -0.124. The van der Waals surface area contributed by atoms with E-state index in [0.29, 0.717) is 0 Å². The Bertz CT molecular complexity index is 349. The molecule has 0 radical (unpaired) electrons. The molecule has 7 heteroatoms. The number of carbonyl (C=O) groups excluding carboxylic acids is 3. The monoisotopic (exact) mass is 224 g/mol. The van der Waals surface area contributed by atoms with Crippen LogP contribution in [-0.4, -0.2) is 48.9 Å². The van der Waals surface area contributed by atoms with Gasteiger partial charge in [-0.15, -0.1) is 0 Å². The number of urea groups is 1. The summed E-state index contributed by atoms with van der Waals surface area (Å²) >= 11 is 0. The Hall–Kier alpha value is -1.89. The highest BCUT2D eigenvalue weighted by molar-refractivity contribution is 6.28. The van der Waals surface area contributed by atoms with Crippen molar-refractivity contribution < 1.29 is 14.4 Å². The lowest BCUT2D eigenvalue weighted by atomic mass is 10.2. The molecule has 2 heterocycles. The number of amides is 4. The molecular weight excluding hydrogens is 212 g/mol. The SMILES string of the molecule is O=C1NC(=O)C(=CN2CCNCC2)C(=O)N1. The first kappa shape index (κ1) is 10.6. The topological polar surface area (TPSA) is 90.5 Å². The summed E-state index contributed by atoms with van der Waals surface area (Å²) in [5, 5.41) is 7.21. The number of barbiturate groups is 1. The van der Waals surface area contributed by atoms with Gasteiger partial charge in [-0.2, -0.15) is 0 Å². The molecule has 0 spiro atoms. The normalized spacial score (nSPS) is 21.6. The van der Waals surface area contributed by atoms with Crippen LogP contribution in [0.1, 0.15) is 0 Å². The van der Waals surface area contributed by atoms with Gasteiger partial charge < -0.3 is 10.2 Å². The number of carbonyl (C=O) groups is 3. The first-order chi connectivity index (χ1) is 7.66. The number of rotatable bonds is 1. The molecular formula is C9H12N4O3. The summed E-state index contributed by atoms with van der Waals surface area (Å²) in [5.41, 5.74) is -0.0264. The molecule has 0 aliphatic carbocycles. The van der Waals surface area contributed by atoms with Gasteiger partial charge >= 0.3 is 6.03 Å². The Morgan fingerprint density at radius 1 is 1.00 bits per heavy atom. The Labute approximate surface area is 91.9 Å². The molecule has 0 atom stereocenters. The largest absolute Gasteiger partial charge is 0.374 e. The molecule has 2 aliphatic rings. The second kappa shape index (κ2) is 4.31. The van der Waals surface area contributed by atoms with Gasteiger partial charge in [0.15, 0.2) is 0 Å². The Kier molecular flexibility index (Phi) is 2.86. The van der Waals surface area contributed by atoms with Crippen molar-refractivity contribution >= 4 is 17.8 Å². The van der Waals surface area contributed by atoms with Gasteiger partial charge in [-0.1, -0.05) is 0 Å². The van der Waals surface area contributed by atoms with Crippen LogP contribution >= 0.6 is 0 Å². The first-order valence-electron chi connectivity index (χ1n) is 5.00. The Morgan fingerprint density at radius 2 is 1.56 bits per heavy atom. The third-order valence-corrected chi connectivity index (χ3v) is 2.41. The summed E-state index contributed by atoms with van der Waals surface area (Å²) < 4.78 is 0. The van der Waals surface area contributed by atoms with E-state index in [4.69, 9.17) is 0 Å². The van der Waals surface area contributed by atoms with E-state index in [1.165, 1.54) is 6.20 Å². The van der Waals surface area contributed by atoms with Crippen LogP contribution in [0.3, 0.4) is 0 Å². The lowest BCUT2D eigenvalue weighted by Gasteiger charge is -2.27. The predicted octanol–water partition coefficient (Wildman–Crippen LogP) is -1.86. The molecule has 0 aromatic rings. The van der Waals surface area contributed by atoms with Crippen molar-refractivity contribution in [2.24, 2.45) is 0 Å². The standard InChI is InChI=1S/C9H12N4O3/c14-7-6(8(15)12-9(16)11-7)5-13-3-1-10-2-4-13/h5,10H,1-4H2,(H2,11,12,14,15,16). The molecule has 0 saturated carbocycles. The van der Waals surface area contributed by atoms with Crippen LogP contribution in [0.5, 0.6) is 0 Å². The van der Waals surface area contributed by atoms with Crippen LogP contribution < -0.4 is 16.0 Å². The fraction of sp³-hybridized carbons (Fsp3) is 0.444. The van der Waals surface area contributed by atoms with Crippen molar-refractivity contribution in [1.29, 1.82) is 0 Å². The quantitative estimate of drug-likeness (QED) is 0.359. The summed E-state index contributed by atoms with van der Waals surface area (Å²) in [6, 6.07) is -0.771. The summed E-state index contributed by atoms with van der Waals surface area (Å²) in [6.45, 7) is 3.09. The van der Waals surface area contributed by atoms with Crippen LogP contribution in [0.15, 0.2) is 11.8 Å². The highest BCUT2D eigenvalue weighted by atomic mass is 16.2. The molecule has 16 heavy (non-hydrogen) atoms. The lowest BCUT2D eigenvalue weighted by Crippen LogP contribution is -2.52. The second-order valence-electron chi connectivity index (χ2n) is 3.57. The summed E-state index contributed by atoms with van der Waals surface area (Å²) in [4.78, 5) is 35.5. The smallest absolute Gasteiger partial charge is 0.328 e. The van der Waals surface area contributed by atoms with Gasteiger partial charge in [-0.05, 0) is 0 Å². The molecule has 0 aromatic carbocycles. The summed E-state index contributed by atoms with van der Waals surface area (Å²) in [7, 11) is 0. The van der Waals surface area contributed by atoms with E-state index in [0.717, 1.165) is 26.2 Å². The van der Waals surface area contributed by atoms with Crippen LogP contribution in [0, 0.1) is 0 Å². The molecule has 0 unspecified atom stereocenters. The number of nitrogens with zero attached hydrogens (tertiary/aromatic N) is 1. The van der Waals surface area contributed by atoms with E-state index in [9.17, 15) is 14.4 Å². The van der Waals surface area contributed by atoms with Crippen molar-refractivity contribution in [2.75, 3.05) is 26.2 Å². The van der Waals surface area contributed by atoms with Crippen LogP contribution in [0.2, 0.25) is 0 Å². The number of hydrogen-bond acceptors (Lipinski definition) is 5. The molecule has 0 aromatic heterocycles. The van der Waals surface area contributed by atoms with E-state index < -0.39 is 17.8 Å². The minimum absolute atomic E-state index is 0.0264. The van der Waals surface area contributed by atoms with Gasteiger partial charge in [-0.3, -0.25) is 20.2 Å². The van der Waals surface area contributed by atoms with Gasteiger partial charge in [0.25, 0.3) is 11.8 Å². The predicted molar refractivity (Wildman–Crippen MR) is 54.2 cm³/mol.